The van der Waals surface area contributed by atoms with Crippen molar-refractivity contribution in [1.29, 1.82) is 0 Å². The molecule has 39 heavy (non-hydrogen) atoms. The molecule has 0 aliphatic rings. The number of hydrogen-bond donors (Lipinski definition) is 3. The number of aromatic carboxylic acids is 1. The van der Waals surface area contributed by atoms with Crippen LogP contribution in [0.15, 0.2) is 108 Å². The van der Waals surface area contributed by atoms with E-state index in [1.165, 1.54) is 17.8 Å². The molecular weight excluding hydrogens is 508 g/mol. The fourth-order valence-electron chi connectivity index (χ4n) is 4.53. The summed E-state index contributed by atoms with van der Waals surface area (Å²) in [6, 6.07) is 31.2. The Kier molecular flexibility index (Phi) is 7.61. The lowest BCUT2D eigenvalue weighted by atomic mass is 9.98. The smallest absolute Gasteiger partial charge is 0.336 e. The molecule has 1 unspecified atom stereocenters. The van der Waals surface area contributed by atoms with E-state index in [2.05, 4.69) is 10.6 Å². The molecule has 5 aromatic carbocycles. The molecule has 5 rings (SSSR count). The summed E-state index contributed by atoms with van der Waals surface area (Å²) in [5, 5.41) is 18.5. The van der Waals surface area contributed by atoms with Gasteiger partial charge in [0.15, 0.2) is 0 Å². The zero-order chi connectivity index (χ0) is 27.4. The molecule has 0 bridgehead atoms. The van der Waals surface area contributed by atoms with Gasteiger partial charge in [-0.1, -0.05) is 67.6 Å². The van der Waals surface area contributed by atoms with E-state index >= 15 is 0 Å². The SMILES string of the molecule is CCC(Sc1cccc(NC(=O)c2cccc3cccc(C(=O)O)c23)c1)C(=O)Nc1ccc2ccccc2c1. The van der Waals surface area contributed by atoms with E-state index < -0.39 is 11.9 Å². The first kappa shape index (κ1) is 26.0. The van der Waals surface area contributed by atoms with Gasteiger partial charge < -0.3 is 15.7 Å². The van der Waals surface area contributed by atoms with Crippen LogP contribution in [-0.4, -0.2) is 28.1 Å². The Morgan fingerprint density at radius 2 is 1.38 bits per heavy atom. The van der Waals surface area contributed by atoms with Gasteiger partial charge in [0, 0.05) is 27.2 Å². The Labute approximate surface area is 230 Å². The second-order valence-corrected chi connectivity index (χ2v) is 10.3. The van der Waals surface area contributed by atoms with E-state index in [-0.39, 0.29) is 22.3 Å². The number of benzene rings is 5. The largest absolute Gasteiger partial charge is 0.478 e. The first-order valence-electron chi connectivity index (χ1n) is 12.6. The van der Waals surface area contributed by atoms with Crippen molar-refractivity contribution >= 4 is 62.5 Å². The molecule has 0 fully saturated rings. The lowest BCUT2D eigenvalue weighted by Gasteiger charge is -2.16. The number of carbonyl (C=O) groups is 3. The van der Waals surface area contributed by atoms with E-state index in [0.717, 1.165) is 21.4 Å². The molecule has 6 nitrogen and oxygen atoms in total. The van der Waals surface area contributed by atoms with Crippen LogP contribution in [0.1, 0.15) is 34.1 Å². The average molecular weight is 535 g/mol. The molecule has 2 amide bonds. The molecule has 0 saturated carbocycles. The second kappa shape index (κ2) is 11.4. The first-order valence-corrected chi connectivity index (χ1v) is 13.4. The molecule has 194 valence electrons. The third-order valence-corrected chi connectivity index (χ3v) is 7.79. The third kappa shape index (κ3) is 5.78. The number of fused-ring (bicyclic) bond motifs is 2. The van der Waals surface area contributed by atoms with Crippen LogP contribution in [0.4, 0.5) is 11.4 Å². The van der Waals surface area contributed by atoms with Crippen molar-refractivity contribution in [2.24, 2.45) is 0 Å². The summed E-state index contributed by atoms with van der Waals surface area (Å²) >= 11 is 1.42. The van der Waals surface area contributed by atoms with E-state index in [0.29, 0.717) is 22.9 Å². The summed E-state index contributed by atoms with van der Waals surface area (Å²) in [5.41, 5.74) is 1.66. The van der Waals surface area contributed by atoms with Crippen LogP contribution in [0.25, 0.3) is 21.5 Å². The molecule has 0 aliphatic carbocycles. The number of rotatable bonds is 8. The fraction of sp³-hybridized carbons (Fsp3) is 0.0938. The van der Waals surface area contributed by atoms with Gasteiger partial charge in [-0.15, -0.1) is 11.8 Å². The highest BCUT2D eigenvalue weighted by Crippen LogP contribution is 2.30. The van der Waals surface area contributed by atoms with Gasteiger partial charge in [-0.3, -0.25) is 9.59 Å². The van der Waals surface area contributed by atoms with E-state index in [1.807, 2.05) is 67.6 Å². The molecule has 0 aliphatic heterocycles. The molecule has 7 heteroatoms. The second-order valence-electron chi connectivity index (χ2n) is 9.06. The lowest BCUT2D eigenvalue weighted by molar-refractivity contribution is -0.115. The topological polar surface area (TPSA) is 95.5 Å². The molecule has 1 atom stereocenters. The normalized spacial score (nSPS) is 11.7. The molecule has 0 radical (unpaired) electrons. The van der Waals surface area contributed by atoms with Crippen molar-refractivity contribution in [2.45, 2.75) is 23.5 Å². The highest BCUT2D eigenvalue weighted by molar-refractivity contribution is 8.00. The summed E-state index contributed by atoms with van der Waals surface area (Å²) in [5.74, 6) is -1.59. The number of anilines is 2. The molecular formula is C32H26N2O4S. The molecule has 0 saturated heterocycles. The van der Waals surface area contributed by atoms with Crippen molar-refractivity contribution in [3.8, 4) is 0 Å². The third-order valence-electron chi connectivity index (χ3n) is 6.43. The minimum Gasteiger partial charge on any atom is -0.478 e. The Hall–Kier alpha value is -4.62. The quantitative estimate of drug-likeness (QED) is 0.180. The highest BCUT2D eigenvalue weighted by atomic mass is 32.2. The Morgan fingerprint density at radius 1 is 0.718 bits per heavy atom. The van der Waals surface area contributed by atoms with Gasteiger partial charge in [-0.05, 0) is 65.0 Å². The average Bonchev–Trinajstić information content (AvgIpc) is 2.95. The maximum absolute atomic E-state index is 13.2. The molecule has 3 N–H and O–H groups in total. The summed E-state index contributed by atoms with van der Waals surface area (Å²) < 4.78 is 0. The van der Waals surface area contributed by atoms with Crippen LogP contribution >= 0.6 is 11.8 Å². The monoisotopic (exact) mass is 534 g/mol. The van der Waals surface area contributed by atoms with Gasteiger partial charge >= 0.3 is 5.97 Å². The Morgan fingerprint density at radius 3 is 2.13 bits per heavy atom. The zero-order valence-corrected chi connectivity index (χ0v) is 22.0. The van der Waals surface area contributed by atoms with Gasteiger partial charge in [0.1, 0.15) is 0 Å². The van der Waals surface area contributed by atoms with Crippen LogP contribution in [0.2, 0.25) is 0 Å². The number of carboxylic acid groups (broad SMARTS) is 1. The number of nitrogens with one attached hydrogen (secondary N) is 2. The van der Waals surface area contributed by atoms with Gasteiger partial charge in [-0.2, -0.15) is 0 Å². The maximum atomic E-state index is 13.2. The molecule has 5 aromatic rings. The van der Waals surface area contributed by atoms with Gasteiger partial charge in [0.2, 0.25) is 5.91 Å². The number of carbonyl (C=O) groups excluding carboxylic acids is 2. The number of hydrogen-bond acceptors (Lipinski definition) is 4. The standard InChI is InChI=1S/C32H26N2O4S/c1-2-28(31(36)34-24-17-16-20-8-3-4-9-22(20)18-24)39-25-13-7-12-23(19-25)33-30(35)26-14-5-10-21-11-6-15-27(29(21)26)32(37)38/h3-19,28H,2H2,1H3,(H,33,35)(H,34,36)(H,37,38). The van der Waals surface area contributed by atoms with Crippen molar-refractivity contribution in [3.63, 3.8) is 0 Å². The van der Waals surface area contributed by atoms with Gasteiger partial charge in [0.05, 0.1) is 10.8 Å². The van der Waals surface area contributed by atoms with E-state index in [4.69, 9.17) is 0 Å². The highest BCUT2D eigenvalue weighted by Gasteiger charge is 2.20. The molecule has 0 heterocycles. The van der Waals surface area contributed by atoms with Crippen LogP contribution in [0, 0.1) is 0 Å². The first-order chi connectivity index (χ1) is 18.9. The summed E-state index contributed by atoms with van der Waals surface area (Å²) in [4.78, 5) is 38.9. The van der Waals surface area contributed by atoms with Crippen molar-refractivity contribution < 1.29 is 19.5 Å². The van der Waals surface area contributed by atoms with Crippen molar-refractivity contribution in [2.75, 3.05) is 10.6 Å². The molecule has 0 spiro atoms. The Balaban J connectivity index is 1.31. The number of carboxylic acids is 1. The van der Waals surface area contributed by atoms with E-state index in [1.54, 1.807) is 36.4 Å². The lowest BCUT2D eigenvalue weighted by Crippen LogP contribution is -2.24. The van der Waals surface area contributed by atoms with Crippen molar-refractivity contribution in [1.82, 2.24) is 0 Å². The minimum absolute atomic E-state index is 0.0748. The van der Waals surface area contributed by atoms with Gasteiger partial charge in [0.25, 0.3) is 5.91 Å². The number of amides is 2. The van der Waals surface area contributed by atoms with Crippen LogP contribution in [0.3, 0.4) is 0 Å². The van der Waals surface area contributed by atoms with E-state index in [9.17, 15) is 19.5 Å². The molecule has 0 aromatic heterocycles. The zero-order valence-electron chi connectivity index (χ0n) is 21.2. The Bertz CT molecular complexity index is 1710. The summed E-state index contributed by atoms with van der Waals surface area (Å²) in [6.07, 6.45) is 0.620. The van der Waals surface area contributed by atoms with Crippen LogP contribution < -0.4 is 10.6 Å². The fourth-order valence-corrected chi connectivity index (χ4v) is 5.54. The predicted molar refractivity (Wildman–Crippen MR) is 158 cm³/mol. The van der Waals surface area contributed by atoms with Gasteiger partial charge in [-0.25, -0.2) is 4.79 Å². The van der Waals surface area contributed by atoms with Crippen LogP contribution in [-0.2, 0) is 4.79 Å². The summed E-state index contributed by atoms with van der Waals surface area (Å²) in [6.45, 7) is 1.96. The van der Waals surface area contributed by atoms with Crippen molar-refractivity contribution in [3.05, 3.63) is 114 Å². The number of thioether (sulfide) groups is 1. The maximum Gasteiger partial charge on any atom is 0.336 e. The predicted octanol–water partition coefficient (Wildman–Crippen LogP) is 7.45. The summed E-state index contributed by atoms with van der Waals surface area (Å²) in [7, 11) is 0. The van der Waals surface area contributed by atoms with Crippen LogP contribution in [0.5, 0.6) is 0 Å². The minimum atomic E-state index is -1.09.